The number of hydrogen-bond donors (Lipinski definition) is 1. The SMILES string of the molecule is CCOC(=O)Nc1cc(C)nn1[C@H]1CCS(=O)(=O)C1. The van der Waals surface area contributed by atoms with Gasteiger partial charge in [-0.25, -0.2) is 17.9 Å². The van der Waals surface area contributed by atoms with Crippen LogP contribution in [0, 0.1) is 6.92 Å². The maximum absolute atomic E-state index is 11.5. The molecular formula is C11H17N3O4S. The highest BCUT2D eigenvalue weighted by atomic mass is 32.2. The Hall–Kier alpha value is -1.57. The van der Waals surface area contributed by atoms with Crippen LogP contribution in [0.2, 0.25) is 0 Å². The number of nitrogens with one attached hydrogen (secondary N) is 1. The van der Waals surface area contributed by atoms with Crippen LogP contribution in [-0.2, 0) is 14.6 Å². The third-order valence-corrected chi connectivity index (χ3v) is 4.67. The molecule has 1 aliphatic heterocycles. The van der Waals surface area contributed by atoms with Gasteiger partial charge in [-0.15, -0.1) is 0 Å². The largest absolute Gasteiger partial charge is 0.450 e. The predicted molar refractivity (Wildman–Crippen MR) is 69.9 cm³/mol. The number of ether oxygens (including phenoxy) is 1. The van der Waals surface area contributed by atoms with Gasteiger partial charge in [0.2, 0.25) is 0 Å². The van der Waals surface area contributed by atoms with E-state index in [1.165, 1.54) is 0 Å². The van der Waals surface area contributed by atoms with E-state index in [0.29, 0.717) is 12.2 Å². The molecule has 8 heteroatoms. The highest BCUT2D eigenvalue weighted by Crippen LogP contribution is 2.27. The number of nitrogens with zero attached hydrogens (tertiary/aromatic N) is 2. The van der Waals surface area contributed by atoms with Crippen molar-refractivity contribution in [3.05, 3.63) is 11.8 Å². The van der Waals surface area contributed by atoms with Gasteiger partial charge in [0.15, 0.2) is 9.84 Å². The summed E-state index contributed by atoms with van der Waals surface area (Å²) in [6, 6.07) is 1.47. The first-order valence-electron chi connectivity index (χ1n) is 6.11. The molecule has 0 aliphatic carbocycles. The number of amides is 1. The van der Waals surface area contributed by atoms with E-state index >= 15 is 0 Å². The number of anilines is 1. The van der Waals surface area contributed by atoms with Crippen molar-refractivity contribution in [2.24, 2.45) is 0 Å². The molecule has 0 saturated carbocycles. The second kappa shape index (κ2) is 5.20. The van der Waals surface area contributed by atoms with Crippen LogP contribution in [0.1, 0.15) is 25.1 Å². The molecule has 1 N–H and O–H groups in total. The molecule has 0 spiro atoms. The van der Waals surface area contributed by atoms with Crippen molar-refractivity contribution < 1.29 is 17.9 Å². The lowest BCUT2D eigenvalue weighted by atomic mass is 10.3. The molecule has 106 valence electrons. The zero-order valence-corrected chi connectivity index (χ0v) is 11.7. The van der Waals surface area contributed by atoms with Gasteiger partial charge in [0.1, 0.15) is 5.82 Å². The molecule has 1 aromatic rings. The second-order valence-corrected chi connectivity index (χ2v) is 6.75. The van der Waals surface area contributed by atoms with E-state index in [-0.39, 0.29) is 24.2 Å². The Balaban J connectivity index is 2.19. The van der Waals surface area contributed by atoms with Gasteiger partial charge in [0, 0.05) is 6.07 Å². The van der Waals surface area contributed by atoms with Gasteiger partial charge in [-0.3, -0.25) is 5.32 Å². The molecular weight excluding hydrogens is 270 g/mol. The van der Waals surface area contributed by atoms with Crippen LogP contribution in [0.15, 0.2) is 6.07 Å². The summed E-state index contributed by atoms with van der Waals surface area (Å²) < 4.78 is 29.4. The zero-order valence-electron chi connectivity index (χ0n) is 10.9. The molecule has 7 nitrogen and oxygen atoms in total. The van der Waals surface area contributed by atoms with Crippen LogP contribution in [-0.4, -0.2) is 42.4 Å². The van der Waals surface area contributed by atoms with Gasteiger partial charge >= 0.3 is 6.09 Å². The lowest BCUT2D eigenvalue weighted by molar-refractivity contribution is 0.167. The Kier molecular flexibility index (Phi) is 3.79. The third kappa shape index (κ3) is 3.25. The summed E-state index contributed by atoms with van der Waals surface area (Å²) in [6.45, 7) is 3.78. The van der Waals surface area contributed by atoms with Gasteiger partial charge in [-0.2, -0.15) is 5.10 Å². The van der Waals surface area contributed by atoms with Crippen molar-refractivity contribution in [2.45, 2.75) is 26.3 Å². The molecule has 0 unspecified atom stereocenters. The molecule has 1 amide bonds. The number of rotatable bonds is 3. The van der Waals surface area contributed by atoms with Crippen LogP contribution >= 0.6 is 0 Å². The number of sulfone groups is 1. The van der Waals surface area contributed by atoms with Crippen molar-refractivity contribution >= 4 is 21.7 Å². The highest BCUT2D eigenvalue weighted by Gasteiger charge is 2.31. The Morgan fingerprint density at radius 2 is 2.37 bits per heavy atom. The first-order valence-corrected chi connectivity index (χ1v) is 7.94. The van der Waals surface area contributed by atoms with Crippen LogP contribution in [0.3, 0.4) is 0 Å². The predicted octanol–water partition coefficient (Wildman–Crippen LogP) is 1.12. The van der Waals surface area contributed by atoms with Crippen LogP contribution < -0.4 is 5.32 Å². The number of hydrogen-bond acceptors (Lipinski definition) is 5. The molecule has 1 saturated heterocycles. The summed E-state index contributed by atoms with van der Waals surface area (Å²) >= 11 is 0. The van der Waals surface area contributed by atoms with Crippen LogP contribution in [0.25, 0.3) is 0 Å². The first-order chi connectivity index (χ1) is 8.91. The fourth-order valence-corrected chi connectivity index (χ4v) is 3.82. The molecule has 0 bridgehead atoms. The molecule has 1 fully saturated rings. The lowest BCUT2D eigenvalue weighted by Crippen LogP contribution is -2.20. The van der Waals surface area contributed by atoms with E-state index in [0.717, 1.165) is 5.69 Å². The summed E-state index contributed by atoms with van der Waals surface area (Å²) in [4.78, 5) is 11.4. The van der Waals surface area contributed by atoms with Crippen molar-refractivity contribution in [1.82, 2.24) is 9.78 Å². The fraction of sp³-hybridized carbons (Fsp3) is 0.636. The summed E-state index contributed by atoms with van der Waals surface area (Å²) in [5.74, 6) is 0.694. The molecule has 2 heterocycles. The second-order valence-electron chi connectivity index (χ2n) is 4.52. The topological polar surface area (TPSA) is 90.3 Å². The Morgan fingerprint density at radius 3 is 2.95 bits per heavy atom. The van der Waals surface area contributed by atoms with Crippen molar-refractivity contribution in [2.75, 3.05) is 23.4 Å². The number of carbonyl (C=O) groups is 1. The van der Waals surface area contributed by atoms with Gasteiger partial charge in [0.05, 0.1) is 29.8 Å². The van der Waals surface area contributed by atoms with E-state index in [1.807, 2.05) is 0 Å². The molecule has 0 aromatic carbocycles. The molecule has 1 aliphatic rings. The first kappa shape index (κ1) is 13.9. The maximum atomic E-state index is 11.5. The molecule has 1 atom stereocenters. The average Bonchev–Trinajstić information content (AvgIpc) is 2.82. The molecule has 1 aromatic heterocycles. The number of carbonyl (C=O) groups excluding carboxylic acids is 1. The van der Waals surface area contributed by atoms with Gasteiger partial charge in [0.25, 0.3) is 0 Å². The molecule has 0 radical (unpaired) electrons. The van der Waals surface area contributed by atoms with Crippen molar-refractivity contribution in [3.8, 4) is 0 Å². The minimum Gasteiger partial charge on any atom is -0.450 e. The molecule has 19 heavy (non-hydrogen) atoms. The van der Waals surface area contributed by atoms with E-state index in [4.69, 9.17) is 4.74 Å². The quantitative estimate of drug-likeness (QED) is 0.899. The monoisotopic (exact) mass is 287 g/mol. The zero-order chi connectivity index (χ0) is 14.0. The number of aryl methyl sites for hydroxylation is 1. The van der Waals surface area contributed by atoms with Crippen LogP contribution in [0.5, 0.6) is 0 Å². The Morgan fingerprint density at radius 1 is 1.63 bits per heavy atom. The highest BCUT2D eigenvalue weighted by molar-refractivity contribution is 7.91. The molecule has 2 rings (SSSR count). The van der Waals surface area contributed by atoms with Gasteiger partial charge in [-0.1, -0.05) is 0 Å². The van der Waals surface area contributed by atoms with E-state index in [1.54, 1.807) is 24.6 Å². The fourth-order valence-electron chi connectivity index (χ4n) is 2.13. The third-order valence-electron chi connectivity index (χ3n) is 2.92. The smallest absolute Gasteiger partial charge is 0.412 e. The van der Waals surface area contributed by atoms with Gasteiger partial charge in [-0.05, 0) is 20.3 Å². The van der Waals surface area contributed by atoms with Crippen molar-refractivity contribution in [3.63, 3.8) is 0 Å². The van der Waals surface area contributed by atoms with Crippen LogP contribution in [0.4, 0.5) is 10.6 Å². The Labute approximate surface area is 111 Å². The van der Waals surface area contributed by atoms with E-state index in [2.05, 4.69) is 10.4 Å². The summed E-state index contributed by atoms with van der Waals surface area (Å²) in [6.07, 6.45) is -0.0504. The van der Waals surface area contributed by atoms with Gasteiger partial charge < -0.3 is 4.74 Å². The van der Waals surface area contributed by atoms with Crippen molar-refractivity contribution in [1.29, 1.82) is 0 Å². The summed E-state index contributed by atoms with van der Waals surface area (Å²) in [5, 5.41) is 6.83. The Bertz CT molecular complexity index is 579. The standard InChI is InChI=1S/C11H17N3O4S/c1-3-18-11(15)12-10-6-8(2)13-14(10)9-4-5-19(16,17)7-9/h6,9H,3-5,7H2,1-2H3,(H,12,15)/t9-/m0/s1. The normalized spacial score (nSPS) is 21.3. The summed E-state index contributed by atoms with van der Waals surface area (Å²) in [5.41, 5.74) is 0.719. The minimum absolute atomic E-state index is 0.0611. The van der Waals surface area contributed by atoms with E-state index in [9.17, 15) is 13.2 Å². The van der Waals surface area contributed by atoms with E-state index < -0.39 is 15.9 Å². The summed E-state index contributed by atoms with van der Waals surface area (Å²) in [7, 11) is -2.99. The maximum Gasteiger partial charge on any atom is 0.412 e. The lowest BCUT2D eigenvalue weighted by Gasteiger charge is -2.13. The average molecular weight is 287 g/mol. The number of aromatic nitrogens is 2. The minimum atomic E-state index is -2.99.